The lowest BCUT2D eigenvalue weighted by atomic mass is 10.1. The van der Waals surface area contributed by atoms with E-state index in [-0.39, 0.29) is 5.91 Å². The molecule has 2 N–H and O–H groups in total. The van der Waals surface area contributed by atoms with Crippen LogP contribution >= 0.6 is 0 Å². The van der Waals surface area contributed by atoms with Crippen molar-refractivity contribution in [3.63, 3.8) is 0 Å². The van der Waals surface area contributed by atoms with E-state index in [0.717, 1.165) is 13.0 Å². The van der Waals surface area contributed by atoms with Crippen LogP contribution in [0.1, 0.15) is 51.9 Å². The van der Waals surface area contributed by atoms with Gasteiger partial charge in [-0.1, -0.05) is 45.4 Å². The van der Waals surface area contributed by atoms with Gasteiger partial charge in [-0.05, 0) is 13.0 Å². The van der Waals surface area contributed by atoms with Gasteiger partial charge >= 0.3 is 0 Å². The van der Waals surface area contributed by atoms with E-state index in [0.29, 0.717) is 19.7 Å². The summed E-state index contributed by atoms with van der Waals surface area (Å²) in [7, 11) is 1.63. The highest BCUT2D eigenvalue weighted by Crippen LogP contribution is 2.05. The van der Waals surface area contributed by atoms with E-state index in [1.54, 1.807) is 7.11 Å². The number of amides is 1. The molecular weight excluding hydrogens is 228 g/mol. The molecule has 0 saturated carbocycles. The van der Waals surface area contributed by atoms with Crippen LogP contribution in [-0.4, -0.2) is 39.3 Å². The standard InChI is InChI=1S/C14H30N2O2/c1-3-4-5-6-7-8-9-10-15-13-14(17)16-11-12-18-2/h15H,3-13H2,1-2H3,(H,16,17). The van der Waals surface area contributed by atoms with E-state index in [1.165, 1.54) is 38.5 Å². The molecule has 0 aromatic rings. The fourth-order valence-corrected chi connectivity index (χ4v) is 1.76. The van der Waals surface area contributed by atoms with Gasteiger partial charge in [-0.15, -0.1) is 0 Å². The Labute approximate surface area is 112 Å². The molecule has 0 aliphatic carbocycles. The van der Waals surface area contributed by atoms with Crippen LogP contribution < -0.4 is 10.6 Å². The Morgan fingerprint density at radius 1 is 1.00 bits per heavy atom. The highest BCUT2D eigenvalue weighted by Gasteiger charge is 1.98. The van der Waals surface area contributed by atoms with Gasteiger partial charge in [-0.2, -0.15) is 0 Å². The summed E-state index contributed by atoms with van der Waals surface area (Å²) in [5, 5.41) is 5.94. The topological polar surface area (TPSA) is 50.4 Å². The van der Waals surface area contributed by atoms with Gasteiger partial charge in [-0.3, -0.25) is 4.79 Å². The number of unbranched alkanes of at least 4 members (excludes halogenated alkanes) is 6. The first-order chi connectivity index (χ1) is 8.81. The van der Waals surface area contributed by atoms with Crippen LogP contribution in [-0.2, 0) is 9.53 Å². The number of rotatable bonds is 13. The van der Waals surface area contributed by atoms with Crippen LogP contribution in [0, 0.1) is 0 Å². The van der Waals surface area contributed by atoms with Crippen LogP contribution in [0.5, 0.6) is 0 Å². The number of ether oxygens (including phenoxy) is 1. The van der Waals surface area contributed by atoms with Crippen molar-refractivity contribution in [2.24, 2.45) is 0 Å². The Bertz CT molecular complexity index is 187. The molecule has 1 amide bonds. The van der Waals surface area contributed by atoms with Crippen LogP contribution in [0.4, 0.5) is 0 Å². The van der Waals surface area contributed by atoms with Crippen molar-refractivity contribution in [2.75, 3.05) is 33.4 Å². The van der Waals surface area contributed by atoms with Crippen molar-refractivity contribution in [3.8, 4) is 0 Å². The zero-order valence-electron chi connectivity index (χ0n) is 12.1. The zero-order chi connectivity index (χ0) is 13.5. The summed E-state index contributed by atoms with van der Waals surface area (Å²) in [6.45, 7) is 4.75. The SMILES string of the molecule is CCCCCCCCCNCC(=O)NCCOC. The van der Waals surface area contributed by atoms with E-state index >= 15 is 0 Å². The van der Waals surface area contributed by atoms with E-state index in [2.05, 4.69) is 17.6 Å². The summed E-state index contributed by atoms with van der Waals surface area (Å²) in [6, 6.07) is 0. The number of methoxy groups -OCH3 is 1. The fourth-order valence-electron chi connectivity index (χ4n) is 1.76. The maximum absolute atomic E-state index is 11.3. The van der Waals surface area contributed by atoms with E-state index in [9.17, 15) is 4.79 Å². The van der Waals surface area contributed by atoms with E-state index < -0.39 is 0 Å². The molecule has 0 bridgehead atoms. The number of hydrogen-bond donors (Lipinski definition) is 2. The number of carbonyl (C=O) groups is 1. The lowest BCUT2D eigenvalue weighted by Crippen LogP contribution is -2.35. The molecule has 18 heavy (non-hydrogen) atoms. The Hall–Kier alpha value is -0.610. The van der Waals surface area contributed by atoms with Gasteiger partial charge < -0.3 is 15.4 Å². The van der Waals surface area contributed by atoms with Crippen LogP contribution in [0.25, 0.3) is 0 Å². The first kappa shape index (κ1) is 17.4. The van der Waals surface area contributed by atoms with Gasteiger partial charge in [0.2, 0.25) is 5.91 Å². The molecule has 0 heterocycles. The molecule has 0 fully saturated rings. The second-order valence-electron chi connectivity index (χ2n) is 4.64. The Balaban J connectivity index is 3.08. The minimum Gasteiger partial charge on any atom is -0.383 e. The van der Waals surface area contributed by atoms with Crippen molar-refractivity contribution >= 4 is 5.91 Å². The van der Waals surface area contributed by atoms with Gasteiger partial charge in [0.15, 0.2) is 0 Å². The molecule has 0 unspecified atom stereocenters. The average molecular weight is 258 g/mol. The summed E-state index contributed by atoms with van der Waals surface area (Å²) >= 11 is 0. The number of nitrogens with one attached hydrogen (secondary N) is 2. The molecule has 0 spiro atoms. The van der Waals surface area contributed by atoms with Crippen molar-refractivity contribution in [1.29, 1.82) is 0 Å². The van der Waals surface area contributed by atoms with Crippen molar-refractivity contribution in [3.05, 3.63) is 0 Å². The molecule has 0 rings (SSSR count). The molecule has 0 saturated heterocycles. The summed E-state index contributed by atoms with van der Waals surface area (Å²) in [5.41, 5.74) is 0. The molecule has 0 aliphatic heterocycles. The third kappa shape index (κ3) is 13.5. The molecule has 0 radical (unpaired) electrons. The highest BCUT2D eigenvalue weighted by molar-refractivity contribution is 5.77. The van der Waals surface area contributed by atoms with Gasteiger partial charge in [0.1, 0.15) is 0 Å². The lowest BCUT2D eigenvalue weighted by Gasteiger charge is -2.06. The largest absolute Gasteiger partial charge is 0.383 e. The van der Waals surface area contributed by atoms with Gasteiger partial charge in [0, 0.05) is 13.7 Å². The van der Waals surface area contributed by atoms with Crippen molar-refractivity contribution in [1.82, 2.24) is 10.6 Å². The number of hydrogen-bond acceptors (Lipinski definition) is 3. The molecule has 108 valence electrons. The number of carbonyl (C=O) groups excluding carboxylic acids is 1. The van der Waals surface area contributed by atoms with Crippen LogP contribution in [0.3, 0.4) is 0 Å². The smallest absolute Gasteiger partial charge is 0.234 e. The maximum Gasteiger partial charge on any atom is 0.234 e. The second kappa shape index (κ2) is 14.5. The Morgan fingerprint density at radius 2 is 1.67 bits per heavy atom. The normalized spacial score (nSPS) is 10.6. The minimum absolute atomic E-state index is 0.0509. The molecular formula is C14H30N2O2. The third-order valence-electron chi connectivity index (χ3n) is 2.87. The average Bonchev–Trinajstić information content (AvgIpc) is 2.37. The monoisotopic (exact) mass is 258 g/mol. The molecule has 0 atom stereocenters. The van der Waals surface area contributed by atoms with Crippen molar-refractivity contribution < 1.29 is 9.53 Å². The van der Waals surface area contributed by atoms with E-state index in [1.807, 2.05) is 0 Å². The van der Waals surface area contributed by atoms with Gasteiger partial charge in [-0.25, -0.2) is 0 Å². The van der Waals surface area contributed by atoms with Crippen LogP contribution in [0.15, 0.2) is 0 Å². The zero-order valence-corrected chi connectivity index (χ0v) is 12.1. The summed E-state index contributed by atoms with van der Waals surface area (Å²) in [5.74, 6) is 0.0509. The third-order valence-corrected chi connectivity index (χ3v) is 2.87. The first-order valence-corrected chi connectivity index (χ1v) is 7.27. The first-order valence-electron chi connectivity index (χ1n) is 7.27. The predicted octanol–water partition coefficient (Wildman–Crippen LogP) is 2.09. The van der Waals surface area contributed by atoms with E-state index in [4.69, 9.17) is 4.74 Å². The van der Waals surface area contributed by atoms with Crippen LogP contribution in [0.2, 0.25) is 0 Å². The Kier molecular flexibility index (Phi) is 14.0. The van der Waals surface area contributed by atoms with Crippen molar-refractivity contribution in [2.45, 2.75) is 51.9 Å². The summed E-state index contributed by atoms with van der Waals surface area (Å²) < 4.78 is 4.85. The molecule has 0 aliphatic rings. The Morgan fingerprint density at radius 3 is 2.33 bits per heavy atom. The quantitative estimate of drug-likeness (QED) is 0.497. The fraction of sp³-hybridized carbons (Fsp3) is 0.929. The minimum atomic E-state index is 0.0509. The molecule has 0 aromatic heterocycles. The highest BCUT2D eigenvalue weighted by atomic mass is 16.5. The van der Waals surface area contributed by atoms with Gasteiger partial charge in [0.25, 0.3) is 0 Å². The predicted molar refractivity (Wildman–Crippen MR) is 75.7 cm³/mol. The van der Waals surface area contributed by atoms with Gasteiger partial charge in [0.05, 0.1) is 13.2 Å². The lowest BCUT2D eigenvalue weighted by molar-refractivity contribution is -0.120. The second-order valence-corrected chi connectivity index (χ2v) is 4.64. The summed E-state index contributed by atoms with van der Waals surface area (Å²) in [6.07, 6.45) is 9.14. The molecule has 4 nitrogen and oxygen atoms in total. The summed E-state index contributed by atoms with van der Waals surface area (Å²) in [4.78, 5) is 11.3. The maximum atomic E-state index is 11.3. The molecule has 0 aromatic carbocycles. The molecule has 4 heteroatoms.